The number of ether oxygens (including phenoxy) is 1. The van der Waals surface area contributed by atoms with E-state index in [9.17, 15) is 9.59 Å². The van der Waals surface area contributed by atoms with E-state index in [2.05, 4.69) is 27.8 Å². The zero-order chi connectivity index (χ0) is 17.4. The first-order chi connectivity index (χ1) is 11.4. The summed E-state index contributed by atoms with van der Waals surface area (Å²) in [4.78, 5) is 27.4. The average Bonchev–Trinajstić information content (AvgIpc) is 2.85. The number of esters is 1. The van der Waals surface area contributed by atoms with Crippen molar-refractivity contribution in [1.29, 1.82) is 0 Å². The summed E-state index contributed by atoms with van der Waals surface area (Å²) in [5.74, 6) is -1.09. The maximum Gasteiger partial charge on any atom is 0.315 e. The number of carbonyl (C=O) groups excluding carboxylic acids is 2. The molecule has 1 aromatic rings. The van der Waals surface area contributed by atoms with Gasteiger partial charge in [0.15, 0.2) is 5.78 Å². The summed E-state index contributed by atoms with van der Waals surface area (Å²) in [6, 6.07) is 2.02. The minimum absolute atomic E-state index is 0.123. The number of thiophene rings is 1. The maximum absolute atomic E-state index is 12.6. The number of allylic oxidation sites excluding steroid dienone is 2. The van der Waals surface area contributed by atoms with Gasteiger partial charge < -0.3 is 10.1 Å². The summed E-state index contributed by atoms with van der Waals surface area (Å²) < 4.78 is 6.27. The maximum atomic E-state index is 12.6. The lowest BCUT2D eigenvalue weighted by atomic mass is 9.74. The highest BCUT2D eigenvalue weighted by molar-refractivity contribution is 9.10. The third-order valence-electron chi connectivity index (χ3n) is 4.51. The molecular weight excluding hydrogens is 390 g/mol. The summed E-state index contributed by atoms with van der Waals surface area (Å²) in [6.45, 7) is 8.17. The zero-order valence-corrected chi connectivity index (χ0v) is 16.2. The number of carbonyl (C=O) groups is 2. The number of aryl methyl sites for hydroxylation is 1. The largest absolute Gasteiger partial charge is 0.465 e. The van der Waals surface area contributed by atoms with Crippen LogP contribution in [0.3, 0.4) is 0 Å². The summed E-state index contributed by atoms with van der Waals surface area (Å²) in [5, 5.41) is 3.22. The predicted molar refractivity (Wildman–Crippen MR) is 97.8 cm³/mol. The molecule has 2 atom stereocenters. The van der Waals surface area contributed by atoms with Crippen molar-refractivity contribution in [2.45, 2.75) is 39.0 Å². The van der Waals surface area contributed by atoms with Crippen LogP contribution in [0.5, 0.6) is 0 Å². The lowest BCUT2D eigenvalue weighted by molar-refractivity contribution is -0.147. The highest BCUT2D eigenvalue weighted by atomic mass is 79.9. The van der Waals surface area contributed by atoms with E-state index in [1.54, 1.807) is 18.3 Å². The number of halogens is 1. The molecule has 0 amide bonds. The van der Waals surface area contributed by atoms with Crippen LogP contribution in [0.4, 0.5) is 0 Å². The van der Waals surface area contributed by atoms with E-state index >= 15 is 0 Å². The SMILES string of the molecule is C=C1NC2=C(C(=O)CCC2)C(c2cc(Br)c(C)s2)C1C(=O)OCC. The van der Waals surface area contributed by atoms with E-state index in [1.165, 1.54) is 0 Å². The van der Waals surface area contributed by atoms with Crippen LogP contribution in [-0.4, -0.2) is 18.4 Å². The van der Waals surface area contributed by atoms with Crippen molar-refractivity contribution in [1.82, 2.24) is 5.32 Å². The highest BCUT2D eigenvalue weighted by Gasteiger charge is 2.44. The first-order valence-electron chi connectivity index (χ1n) is 8.08. The van der Waals surface area contributed by atoms with Crippen LogP contribution < -0.4 is 5.32 Å². The standard InChI is InChI=1S/C18H20BrNO3S/c1-4-23-18(22)15-9(2)20-12-6-5-7-13(21)16(12)17(15)14-8-11(19)10(3)24-14/h8,15,17,20H,2,4-7H2,1,3H3. The Morgan fingerprint density at radius 1 is 1.50 bits per heavy atom. The van der Waals surface area contributed by atoms with Crippen molar-refractivity contribution in [2.75, 3.05) is 6.61 Å². The molecule has 4 nitrogen and oxygen atoms in total. The van der Waals surface area contributed by atoms with Crippen molar-refractivity contribution in [3.63, 3.8) is 0 Å². The van der Waals surface area contributed by atoms with E-state index in [-0.39, 0.29) is 17.7 Å². The Morgan fingerprint density at radius 2 is 2.25 bits per heavy atom. The molecule has 128 valence electrons. The smallest absolute Gasteiger partial charge is 0.315 e. The lowest BCUT2D eigenvalue weighted by Gasteiger charge is -2.37. The molecule has 1 aromatic heterocycles. The molecule has 0 saturated heterocycles. The second-order valence-corrected chi connectivity index (χ2v) is 8.22. The molecule has 2 unspecified atom stereocenters. The van der Waals surface area contributed by atoms with Crippen molar-refractivity contribution in [3.8, 4) is 0 Å². The Labute approximate surface area is 154 Å². The fourth-order valence-electron chi connectivity index (χ4n) is 3.45. The van der Waals surface area contributed by atoms with Crippen LogP contribution in [0.25, 0.3) is 0 Å². The molecule has 0 saturated carbocycles. The summed E-state index contributed by atoms with van der Waals surface area (Å²) in [6.07, 6.45) is 2.18. The topological polar surface area (TPSA) is 55.4 Å². The first-order valence-corrected chi connectivity index (χ1v) is 9.69. The van der Waals surface area contributed by atoms with Crippen LogP contribution in [0.15, 0.2) is 34.1 Å². The third-order valence-corrected chi connectivity index (χ3v) is 6.73. The molecule has 1 aliphatic carbocycles. The minimum Gasteiger partial charge on any atom is -0.465 e. The number of ketones is 1. The molecule has 1 N–H and O–H groups in total. The Balaban J connectivity index is 2.15. The van der Waals surface area contributed by atoms with Crippen LogP contribution >= 0.6 is 27.3 Å². The van der Waals surface area contributed by atoms with Gasteiger partial charge in [-0.2, -0.15) is 0 Å². The summed E-state index contributed by atoms with van der Waals surface area (Å²) in [5.41, 5.74) is 2.28. The lowest BCUT2D eigenvalue weighted by Crippen LogP contribution is -2.40. The Hall–Kier alpha value is -1.40. The molecule has 24 heavy (non-hydrogen) atoms. The fraction of sp³-hybridized carbons (Fsp3) is 0.444. The second kappa shape index (κ2) is 6.84. The molecule has 6 heteroatoms. The van der Waals surface area contributed by atoms with E-state index in [4.69, 9.17) is 4.74 Å². The summed E-state index contributed by atoms with van der Waals surface area (Å²) >= 11 is 5.15. The summed E-state index contributed by atoms with van der Waals surface area (Å²) in [7, 11) is 0. The van der Waals surface area contributed by atoms with Gasteiger partial charge in [0.1, 0.15) is 5.92 Å². The van der Waals surface area contributed by atoms with Gasteiger partial charge in [0, 0.05) is 43.5 Å². The first kappa shape index (κ1) is 17.4. The van der Waals surface area contributed by atoms with Crippen LogP contribution in [0.1, 0.15) is 41.9 Å². The number of hydrogen-bond donors (Lipinski definition) is 1. The Bertz CT molecular complexity index is 730. The minimum atomic E-state index is -0.573. The highest BCUT2D eigenvalue weighted by Crippen LogP contribution is 2.47. The van der Waals surface area contributed by atoms with E-state index in [0.717, 1.165) is 38.3 Å². The number of rotatable bonds is 3. The number of Topliss-reactive ketones (excluding diaryl/α,β-unsaturated/α-hetero) is 1. The quantitative estimate of drug-likeness (QED) is 0.759. The fourth-order valence-corrected chi connectivity index (χ4v) is 5.15. The van der Waals surface area contributed by atoms with Gasteiger partial charge in [-0.1, -0.05) is 6.58 Å². The molecule has 1 aliphatic heterocycles. The van der Waals surface area contributed by atoms with E-state index in [1.807, 2.05) is 13.0 Å². The Morgan fingerprint density at radius 3 is 2.88 bits per heavy atom. The van der Waals surface area contributed by atoms with Gasteiger partial charge >= 0.3 is 5.97 Å². The van der Waals surface area contributed by atoms with Gasteiger partial charge in [0.25, 0.3) is 0 Å². The van der Waals surface area contributed by atoms with Gasteiger partial charge in [0.2, 0.25) is 0 Å². The number of hydrogen-bond acceptors (Lipinski definition) is 5. The van der Waals surface area contributed by atoms with Crippen LogP contribution in [0.2, 0.25) is 0 Å². The van der Waals surface area contributed by atoms with Crippen molar-refractivity contribution < 1.29 is 14.3 Å². The molecule has 2 heterocycles. The molecule has 0 spiro atoms. The van der Waals surface area contributed by atoms with Crippen molar-refractivity contribution in [3.05, 3.63) is 43.8 Å². The molecule has 3 rings (SSSR count). The second-order valence-electron chi connectivity index (χ2n) is 6.08. The molecule has 0 aromatic carbocycles. The molecular formula is C18H20BrNO3S. The molecule has 0 radical (unpaired) electrons. The van der Waals surface area contributed by atoms with Crippen LogP contribution in [0, 0.1) is 12.8 Å². The average molecular weight is 410 g/mol. The van der Waals surface area contributed by atoms with Gasteiger partial charge in [-0.15, -0.1) is 11.3 Å². The van der Waals surface area contributed by atoms with E-state index < -0.39 is 5.92 Å². The van der Waals surface area contributed by atoms with Crippen molar-refractivity contribution >= 4 is 39.0 Å². The van der Waals surface area contributed by atoms with Gasteiger partial charge in [-0.3, -0.25) is 9.59 Å². The Kier molecular flexibility index (Phi) is 4.97. The van der Waals surface area contributed by atoms with Gasteiger partial charge in [-0.25, -0.2) is 0 Å². The predicted octanol–water partition coefficient (Wildman–Crippen LogP) is 4.21. The van der Waals surface area contributed by atoms with Gasteiger partial charge in [0.05, 0.1) is 6.61 Å². The van der Waals surface area contributed by atoms with E-state index in [0.29, 0.717) is 18.7 Å². The normalized spacial score (nSPS) is 23.8. The molecule has 0 fully saturated rings. The van der Waals surface area contributed by atoms with Gasteiger partial charge in [-0.05, 0) is 48.7 Å². The monoisotopic (exact) mass is 409 g/mol. The van der Waals surface area contributed by atoms with Crippen LogP contribution in [-0.2, 0) is 14.3 Å². The van der Waals surface area contributed by atoms with Crippen molar-refractivity contribution in [2.24, 2.45) is 5.92 Å². The zero-order valence-electron chi connectivity index (χ0n) is 13.8. The third kappa shape index (κ3) is 2.97. The molecule has 2 aliphatic rings. The molecule has 0 bridgehead atoms. The number of nitrogens with one attached hydrogen (secondary N) is 1.